The number of hydrogen-bond donors (Lipinski definition) is 2. The van der Waals surface area contributed by atoms with E-state index in [1.165, 1.54) is 18.2 Å². The standard InChI is InChI=1S/C15H14BrFN2O2/c1-2-21-15(20)9-3-6-13(12(18)7-9)19-14-8-10(17)4-5-11(14)16/h3-8,19H,2,18H2,1H3. The van der Waals surface area contributed by atoms with Crippen molar-refractivity contribution in [3.8, 4) is 0 Å². The normalized spacial score (nSPS) is 10.2. The number of anilines is 3. The third-order valence-corrected chi connectivity index (χ3v) is 3.45. The van der Waals surface area contributed by atoms with Crippen LogP contribution < -0.4 is 11.1 Å². The van der Waals surface area contributed by atoms with Gasteiger partial charge in [-0.15, -0.1) is 0 Å². The van der Waals surface area contributed by atoms with Gasteiger partial charge < -0.3 is 15.8 Å². The third kappa shape index (κ3) is 3.72. The molecule has 0 aromatic heterocycles. The highest BCUT2D eigenvalue weighted by Crippen LogP contribution is 2.30. The number of nitrogens with two attached hydrogens (primary N) is 1. The lowest BCUT2D eigenvalue weighted by atomic mass is 10.1. The summed E-state index contributed by atoms with van der Waals surface area (Å²) in [5.41, 5.74) is 7.78. The molecule has 0 radical (unpaired) electrons. The van der Waals surface area contributed by atoms with E-state index in [-0.39, 0.29) is 5.82 Å². The Morgan fingerprint density at radius 3 is 2.71 bits per heavy atom. The van der Waals surface area contributed by atoms with Gasteiger partial charge in [-0.3, -0.25) is 0 Å². The van der Waals surface area contributed by atoms with Crippen molar-refractivity contribution in [2.45, 2.75) is 6.92 Å². The largest absolute Gasteiger partial charge is 0.462 e. The Hall–Kier alpha value is -2.08. The van der Waals surface area contributed by atoms with E-state index >= 15 is 0 Å². The number of hydrogen-bond acceptors (Lipinski definition) is 4. The van der Waals surface area contributed by atoms with Crippen LogP contribution >= 0.6 is 15.9 Å². The van der Waals surface area contributed by atoms with Gasteiger partial charge in [-0.2, -0.15) is 0 Å². The van der Waals surface area contributed by atoms with Crippen molar-refractivity contribution in [3.05, 3.63) is 52.3 Å². The van der Waals surface area contributed by atoms with Gasteiger partial charge in [0.2, 0.25) is 0 Å². The first-order valence-electron chi connectivity index (χ1n) is 6.30. The molecule has 4 nitrogen and oxygen atoms in total. The van der Waals surface area contributed by atoms with Crippen LogP contribution in [0.15, 0.2) is 40.9 Å². The Morgan fingerprint density at radius 2 is 2.05 bits per heavy atom. The van der Waals surface area contributed by atoms with Gasteiger partial charge in [0.15, 0.2) is 0 Å². The van der Waals surface area contributed by atoms with Crippen molar-refractivity contribution in [2.75, 3.05) is 17.7 Å². The number of ether oxygens (including phenoxy) is 1. The van der Waals surface area contributed by atoms with Crippen molar-refractivity contribution in [1.29, 1.82) is 0 Å². The molecule has 0 fully saturated rings. The minimum absolute atomic E-state index is 0.301. The molecule has 0 bridgehead atoms. The average Bonchev–Trinajstić information content (AvgIpc) is 2.45. The van der Waals surface area contributed by atoms with Gasteiger partial charge in [-0.05, 0) is 59.3 Å². The molecule has 0 heterocycles. The lowest BCUT2D eigenvalue weighted by Crippen LogP contribution is -2.06. The first kappa shape index (κ1) is 15.3. The maximum atomic E-state index is 13.3. The van der Waals surface area contributed by atoms with Gasteiger partial charge in [0.1, 0.15) is 5.82 Å². The van der Waals surface area contributed by atoms with Gasteiger partial charge in [-0.1, -0.05) is 0 Å². The molecule has 0 aliphatic carbocycles. The van der Waals surface area contributed by atoms with E-state index in [0.29, 0.717) is 33.7 Å². The Balaban J connectivity index is 2.25. The van der Waals surface area contributed by atoms with E-state index in [4.69, 9.17) is 10.5 Å². The zero-order chi connectivity index (χ0) is 15.4. The Bertz CT molecular complexity index is 677. The second-order valence-corrected chi connectivity index (χ2v) is 5.13. The van der Waals surface area contributed by atoms with Crippen LogP contribution in [0.2, 0.25) is 0 Å². The van der Waals surface area contributed by atoms with Crippen LogP contribution in [-0.2, 0) is 4.74 Å². The number of halogens is 2. The maximum absolute atomic E-state index is 13.3. The van der Waals surface area contributed by atoms with Crippen LogP contribution in [0.5, 0.6) is 0 Å². The van der Waals surface area contributed by atoms with E-state index in [1.54, 1.807) is 25.1 Å². The number of benzene rings is 2. The maximum Gasteiger partial charge on any atom is 0.338 e. The quantitative estimate of drug-likeness (QED) is 0.642. The summed E-state index contributed by atoms with van der Waals surface area (Å²) in [5, 5.41) is 3.02. The fourth-order valence-corrected chi connectivity index (χ4v) is 2.10. The van der Waals surface area contributed by atoms with Gasteiger partial charge in [-0.25, -0.2) is 9.18 Å². The molecule has 0 spiro atoms. The lowest BCUT2D eigenvalue weighted by Gasteiger charge is -2.12. The van der Waals surface area contributed by atoms with Crippen LogP contribution in [0.1, 0.15) is 17.3 Å². The number of carbonyl (C=O) groups excluding carboxylic acids is 1. The molecule has 0 aliphatic rings. The smallest absolute Gasteiger partial charge is 0.338 e. The number of rotatable bonds is 4. The molecular weight excluding hydrogens is 339 g/mol. The second kappa shape index (κ2) is 6.58. The molecule has 0 amide bonds. The first-order valence-corrected chi connectivity index (χ1v) is 7.09. The molecular formula is C15H14BrFN2O2. The SMILES string of the molecule is CCOC(=O)c1ccc(Nc2cc(F)ccc2Br)c(N)c1. The fraction of sp³-hybridized carbons (Fsp3) is 0.133. The Kier molecular flexibility index (Phi) is 4.80. The van der Waals surface area contributed by atoms with Gasteiger partial charge in [0.25, 0.3) is 0 Å². The molecule has 0 aliphatic heterocycles. The molecule has 6 heteroatoms. The average molecular weight is 353 g/mol. The van der Waals surface area contributed by atoms with Gasteiger partial charge in [0, 0.05) is 4.47 Å². The summed E-state index contributed by atoms with van der Waals surface area (Å²) in [6.45, 7) is 2.04. The molecule has 0 saturated carbocycles. The van der Waals surface area contributed by atoms with Crippen LogP contribution in [-0.4, -0.2) is 12.6 Å². The number of carbonyl (C=O) groups is 1. The zero-order valence-electron chi connectivity index (χ0n) is 11.3. The van der Waals surface area contributed by atoms with E-state index in [2.05, 4.69) is 21.2 Å². The van der Waals surface area contributed by atoms with Crippen LogP contribution in [0.4, 0.5) is 21.5 Å². The molecule has 2 rings (SSSR count). The molecule has 21 heavy (non-hydrogen) atoms. The van der Waals surface area contributed by atoms with Crippen molar-refractivity contribution < 1.29 is 13.9 Å². The fourth-order valence-electron chi connectivity index (χ4n) is 1.76. The second-order valence-electron chi connectivity index (χ2n) is 4.27. The molecule has 2 aromatic rings. The van der Waals surface area contributed by atoms with E-state index in [0.717, 1.165) is 0 Å². The minimum atomic E-state index is -0.428. The predicted molar refractivity (Wildman–Crippen MR) is 84.2 cm³/mol. The molecule has 0 saturated heterocycles. The molecule has 3 N–H and O–H groups in total. The van der Waals surface area contributed by atoms with Crippen LogP contribution in [0.25, 0.3) is 0 Å². The van der Waals surface area contributed by atoms with Crippen molar-refractivity contribution in [3.63, 3.8) is 0 Å². The summed E-state index contributed by atoms with van der Waals surface area (Å²) < 4.78 is 18.9. The van der Waals surface area contributed by atoms with Crippen LogP contribution in [0, 0.1) is 5.82 Å². The van der Waals surface area contributed by atoms with Crippen LogP contribution in [0.3, 0.4) is 0 Å². The predicted octanol–water partition coefficient (Wildman–Crippen LogP) is 4.09. The lowest BCUT2D eigenvalue weighted by molar-refractivity contribution is 0.0526. The number of nitrogen functional groups attached to an aromatic ring is 1. The van der Waals surface area contributed by atoms with E-state index < -0.39 is 5.97 Å². The van der Waals surface area contributed by atoms with Crippen molar-refractivity contribution >= 4 is 39.0 Å². The molecule has 0 atom stereocenters. The summed E-state index contributed by atoms with van der Waals surface area (Å²) in [7, 11) is 0. The van der Waals surface area contributed by atoms with Crippen molar-refractivity contribution in [2.24, 2.45) is 0 Å². The first-order chi connectivity index (χ1) is 10.0. The van der Waals surface area contributed by atoms with E-state index in [1.807, 2.05) is 0 Å². The summed E-state index contributed by atoms with van der Waals surface area (Å²) in [5.74, 6) is -0.787. The van der Waals surface area contributed by atoms with Gasteiger partial charge in [0.05, 0.1) is 29.2 Å². The monoisotopic (exact) mass is 352 g/mol. The molecule has 110 valence electrons. The van der Waals surface area contributed by atoms with Gasteiger partial charge >= 0.3 is 5.97 Å². The Labute approximate surface area is 130 Å². The zero-order valence-corrected chi connectivity index (χ0v) is 12.9. The summed E-state index contributed by atoms with van der Waals surface area (Å²) >= 11 is 3.33. The highest BCUT2D eigenvalue weighted by atomic mass is 79.9. The number of nitrogens with one attached hydrogen (secondary N) is 1. The topological polar surface area (TPSA) is 64.3 Å². The summed E-state index contributed by atoms with van der Waals surface area (Å²) in [6, 6.07) is 9.07. The minimum Gasteiger partial charge on any atom is -0.462 e. The highest BCUT2D eigenvalue weighted by Gasteiger charge is 2.10. The number of esters is 1. The van der Waals surface area contributed by atoms with Crippen molar-refractivity contribution in [1.82, 2.24) is 0 Å². The third-order valence-electron chi connectivity index (χ3n) is 2.76. The Morgan fingerprint density at radius 1 is 1.29 bits per heavy atom. The van der Waals surface area contributed by atoms with E-state index in [9.17, 15) is 9.18 Å². The summed E-state index contributed by atoms with van der Waals surface area (Å²) in [6.07, 6.45) is 0. The molecule has 2 aromatic carbocycles. The molecule has 0 unspecified atom stereocenters. The highest BCUT2D eigenvalue weighted by molar-refractivity contribution is 9.10. The summed E-state index contributed by atoms with van der Waals surface area (Å²) in [4.78, 5) is 11.6.